The zero-order valence-corrected chi connectivity index (χ0v) is 10.9. The lowest BCUT2D eigenvalue weighted by atomic mass is 10.2. The normalized spacial score (nSPS) is 12.9. The number of nitrogens with zero attached hydrogens (tertiary/aromatic N) is 2. The zero-order chi connectivity index (χ0) is 13.2. The van der Waals surface area contributed by atoms with Crippen LogP contribution in [0.3, 0.4) is 0 Å². The molecule has 3 aromatic rings. The van der Waals surface area contributed by atoms with Gasteiger partial charge in [0.25, 0.3) is 0 Å². The van der Waals surface area contributed by atoms with Crippen LogP contribution in [-0.4, -0.2) is 9.55 Å². The van der Waals surface area contributed by atoms with E-state index in [2.05, 4.69) is 16.5 Å². The van der Waals surface area contributed by atoms with Crippen LogP contribution in [0.2, 0.25) is 0 Å². The Morgan fingerprint density at radius 1 is 1.37 bits per heavy atom. The topological polar surface area (TPSA) is 57.0 Å². The maximum Gasteiger partial charge on any atom is 0.134 e. The van der Waals surface area contributed by atoms with Crippen LogP contribution in [0.5, 0.6) is 0 Å². The molecule has 0 aliphatic heterocycles. The summed E-state index contributed by atoms with van der Waals surface area (Å²) in [6.07, 6.45) is 4.67. The molecule has 0 bridgehead atoms. The number of hydrogen-bond donors (Lipinski definition) is 1. The van der Waals surface area contributed by atoms with Crippen molar-refractivity contribution in [1.29, 1.82) is 0 Å². The van der Waals surface area contributed by atoms with E-state index in [9.17, 15) is 0 Å². The van der Waals surface area contributed by atoms with E-state index in [4.69, 9.17) is 10.2 Å². The molecule has 4 nitrogen and oxygen atoms in total. The number of imidazole rings is 1. The number of hydrogen-bond acceptors (Lipinski definition) is 3. The molecular weight excluding hydrogens is 238 g/mol. The molecule has 0 fully saturated rings. The van der Waals surface area contributed by atoms with Gasteiger partial charge < -0.3 is 14.7 Å². The van der Waals surface area contributed by atoms with Crippen molar-refractivity contribution in [2.24, 2.45) is 5.73 Å². The van der Waals surface area contributed by atoms with Gasteiger partial charge in [-0.3, -0.25) is 0 Å². The highest BCUT2D eigenvalue weighted by molar-refractivity contribution is 5.77. The average molecular weight is 255 g/mol. The Morgan fingerprint density at radius 2 is 2.21 bits per heavy atom. The summed E-state index contributed by atoms with van der Waals surface area (Å²) < 4.78 is 7.87. The van der Waals surface area contributed by atoms with Gasteiger partial charge in [-0.25, -0.2) is 4.98 Å². The highest BCUT2D eigenvalue weighted by Crippen LogP contribution is 2.23. The molecule has 0 radical (unpaired) electrons. The Labute approximate surface area is 111 Å². The third-order valence-electron chi connectivity index (χ3n) is 3.32. The molecule has 0 aliphatic carbocycles. The first-order chi connectivity index (χ1) is 9.28. The van der Waals surface area contributed by atoms with Crippen LogP contribution in [-0.2, 0) is 13.0 Å². The molecule has 0 saturated heterocycles. The summed E-state index contributed by atoms with van der Waals surface area (Å²) in [5.74, 6) is 1.86. The van der Waals surface area contributed by atoms with Gasteiger partial charge in [-0.05, 0) is 12.1 Å². The Morgan fingerprint density at radius 3 is 3.00 bits per heavy atom. The second-order valence-electron chi connectivity index (χ2n) is 4.64. The standard InChI is InChI=1S/C15H17N3O/c1-2-15-17-7-8-18(15)10-12(16)14-9-11-5-3-4-6-13(11)19-14/h3-9,12H,2,10,16H2,1H3. The number of benzene rings is 1. The lowest BCUT2D eigenvalue weighted by Crippen LogP contribution is -2.18. The summed E-state index contributed by atoms with van der Waals surface area (Å²) in [5.41, 5.74) is 7.11. The van der Waals surface area contributed by atoms with E-state index in [0.29, 0.717) is 6.54 Å². The average Bonchev–Trinajstić information content (AvgIpc) is 3.03. The van der Waals surface area contributed by atoms with Gasteiger partial charge >= 0.3 is 0 Å². The largest absolute Gasteiger partial charge is 0.459 e. The summed E-state index contributed by atoms with van der Waals surface area (Å²) in [6, 6.07) is 9.81. The van der Waals surface area contributed by atoms with Crippen LogP contribution in [0.25, 0.3) is 11.0 Å². The van der Waals surface area contributed by atoms with Gasteiger partial charge in [0.15, 0.2) is 0 Å². The summed E-state index contributed by atoms with van der Waals surface area (Å²) in [5, 5.41) is 1.09. The minimum Gasteiger partial charge on any atom is -0.459 e. The molecule has 2 N–H and O–H groups in total. The van der Waals surface area contributed by atoms with Crippen molar-refractivity contribution in [3.05, 3.63) is 54.3 Å². The van der Waals surface area contributed by atoms with E-state index in [0.717, 1.165) is 29.0 Å². The molecule has 0 aliphatic rings. The maximum atomic E-state index is 6.23. The van der Waals surface area contributed by atoms with E-state index in [-0.39, 0.29) is 6.04 Å². The van der Waals surface area contributed by atoms with E-state index in [1.165, 1.54) is 0 Å². The summed E-state index contributed by atoms with van der Waals surface area (Å²) in [6.45, 7) is 2.77. The van der Waals surface area contributed by atoms with E-state index >= 15 is 0 Å². The van der Waals surface area contributed by atoms with Gasteiger partial charge in [0.05, 0.1) is 6.04 Å². The Bertz CT molecular complexity index is 650. The highest BCUT2D eigenvalue weighted by Gasteiger charge is 2.13. The first-order valence-electron chi connectivity index (χ1n) is 6.52. The quantitative estimate of drug-likeness (QED) is 0.779. The molecule has 4 heteroatoms. The van der Waals surface area contributed by atoms with Crippen LogP contribution in [0.4, 0.5) is 0 Å². The second kappa shape index (κ2) is 4.90. The van der Waals surface area contributed by atoms with E-state index < -0.39 is 0 Å². The minimum atomic E-state index is -0.160. The molecule has 3 rings (SSSR count). The SMILES string of the molecule is CCc1nccn1CC(N)c1cc2ccccc2o1. The van der Waals surface area contributed by atoms with E-state index in [1.54, 1.807) is 0 Å². The van der Waals surface area contributed by atoms with Crippen molar-refractivity contribution in [2.75, 3.05) is 0 Å². The molecule has 1 aromatic carbocycles. The first-order valence-corrected chi connectivity index (χ1v) is 6.52. The van der Waals surface area contributed by atoms with Crippen LogP contribution in [0.1, 0.15) is 24.6 Å². The number of aromatic nitrogens is 2. The number of aryl methyl sites for hydroxylation is 1. The monoisotopic (exact) mass is 255 g/mol. The second-order valence-corrected chi connectivity index (χ2v) is 4.64. The minimum absolute atomic E-state index is 0.160. The molecule has 19 heavy (non-hydrogen) atoms. The molecular formula is C15H17N3O. The van der Waals surface area contributed by atoms with Crippen molar-refractivity contribution < 1.29 is 4.42 Å². The van der Waals surface area contributed by atoms with Gasteiger partial charge in [0, 0.05) is 30.7 Å². The zero-order valence-electron chi connectivity index (χ0n) is 10.9. The number of para-hydroxylation sites is 1. The lowest BCUT2D eigenvalue weighted by molar-refractivity contribution is 0.450. The van der Waals surface area contributed by atoms with Crippen molar-refractivity contribution in [2.45, 2.75) is 25.9 Å². The highest BCUT2D eigenvalue weighted by atomic mass is 16.3. The fourth-order valence-corrected chi connectivity index (χ4v) is 2.31. The van der Waals surface area contributed by atoms with Crippen LogP contribution in [0.15, 0.2) is 47.1 Å². The van der Waals surface area contributed by atoms with Crippen LogP contribution < -0.4 is 5.73 Å². The van der Waals surface area contributed by atoms with Gasteiger partial charge in [-0.2, -0.15) is 0 Å². The Hall–Kier alpha value is -2.07. The number of nitrogens with two attached hydrogens (primary N) is 1. The van der Waals surface area contributed by atoms with Crippen molar-refractivity contribution in [3.8, 4) is 0 Å². The van der Waals surface area contributed by atoms with Crippen LogP contribution >= 0.6 is 0 Å². The van der Waals surface area contributed by atoms with Crippen LogP contribution in [0, 0.1) is 0 Å². The molecule has 0 amide bonds. The third-order valence-corrected chi connectivity index (χ3v) is 3.32. The van der Waals surface area contributed by atoms with Gasteiger partial charge in [-0.1, -0.05) is 25.1 Å². The Balaban J connectivity index is 1.85. The van der Waals surface area contributed by atoms with Crippen molar-refractivity contribution in [1.82, 2.24) is 9.55 Å². The molecule has 2 aromatic heterocycles. The molecule has 0 saturated carbocycles. The molecule has 2 heterocycles. The molecule has 0 spiro atoms. The predicted molar refractivity (Wildman–Crippen MR) is 74.7 cm³/mol. The number of fused-ring (bicyclic) bond motifs is 1. The Kier molecular flexibility index (Phi) is 3.09. The van der Waals surface area contributed by atoms with Gasteiger partial charge in [0.2, 0.25) is 0 Å². The molecule has 98 valence electrons. The van der Waals surface area contributed by atoms with Gasteiger partial charge in [0.1, 0.15) is 17.2 Å². The summed E-state index contributed by atoms with van der Waals surface area (Å²) in [7, 11) is 0. The van der Waals surface area contributed by atoms with E-state index in [1.807, 2.05) is 42.7 Å². The summed E-state index contributed by atoms with van der Waals surface area (Å²) in [4.78, 5) is 4.30. The van der Waals surface area contributed by atoms with Crippen molar-refractivity contribution in [3.63, 3.8) is 0 Å². The van der Waals surface area contributed by atoms with Gasteiger partial charge in [-0.15, -0.1) is 0 Å². The predicted octanol–water partition coefficient (Wildman–Crippen LogP) is 2.89. The van der Waals surface area contributed by atoms with Crippen molar-refractivity contribution >= 4 is 11.0 Å². The fraction of sp³-hybridized carbons (Fsp3) is 0.267. The molecule has 1 atom stereocenters. The third kappa shape index (κ3) is 2.27. The smallest absolute Gasteiger partial charge is 0.134 e. The first kappa shape index (κ1) is 12.0. The lowest BCUT2D eigenvalue weighted by Gasteiger charge is -2.11. The molecule has 1 unspecified atom stereocenters. The summed E-state index contributed by atoms with van der Waals surface area (Å²) >= 11 is 0. The maximum absolute atomic E-state index is 6.23. The number of rotatable bonds is 4. The number of furan rings is 1. The fourth-order valence-electron chi connectivity index (χ4n) is 2.31.